The second kappa shape index (κ2) is 7.99. The summed E-state index contributed by atoms with van der Waals surface area (Å²) in [5.41, 5.74) is 0.948. The number of rotatable bonds is 6. The van der Waals surface area contributed by atoms with Crippen molar-refractivity contribution in [1.29, 1.82) is 0 Å². The summed E-state index contributed by atoms with van der Waals surface area (Å²) in [5.74, 6) is 1.26. The Morgan fingerprint density at radius 3 is 2.64 bits per heavy atom. The second-order valence-corrected chi connectivity index (χ2v) is 7.56. The van der Waals surface area contributed by atoms with Crippen molar-refractivity contribution in [2.75, 3.05) is 13.7 Å². The van der Waals surface area contributed by atoms with Gasteiger partial charge in [-0.05, 0) is 62.5 Å². The maximum atomic E-state index is 12.1. The van der Waals surface area contributed by atoms with E-state index in [1.54, 1.807) is 13.2 Å². The molecule has 0 aliphatic heterocycles. The first kappa shape index (κ1) is 17.3. The van der Waals surface area contributed by atoms with Crippen LogP contribution in [0.15, 0.2) is 32.5 Å². The summed E-state index contributed by atoms with van der Waals surface area (Å²) >= 11 is 8.15. The molecule has 0 unspecified atom stereocenters. The number of benzene rings is 1. The quantitative estimate of drug-likeness (QED) is 0.701. The van der Waals surface area contributed by atoms with E-state index in [4.69, 9.17) is 9.47 Å². The highest BCUT2D eigenvalue weighted by Crippen LogP contribution is 2.32. The van der Waals surface area contributed by atoms with Gasteiger partial charge in [0.05, 0.1) is 22.4 Å². The molecule has 0 fully saturated rings. The molecule has 0 aliphatic carbocycles. The molecular formula is C15H15Br2NO3S. The molecule has 1 N–H and O–H groups in total. The number of thiophene rings is 1. The minimum absolute atomic E-state index is 0.107. The van der Waals surface area contributed by atoms with Crippen molar-refractivity contribution in [3.05, 3.63) is 43.0 Å². The number of nitrogens with one attached hydrogen (secondary N) is 1. The smallest absolute Gasteiger partial charge is 0.261 e. The molecule has 118 valence electrons. The van der Waals surface area contributed by atoms with Gasteiger partial charge in [-0.3, -0.25) is 4.79 Å². The fourth-order valence-corrected chi connectivity index (χ4v) is 3.78. The van der Waals surface area contributed by atoms with Crippen LogP contribution in [0.1, 0.15) is 22.2 Å². The first-order chi connectivity index (χ1) is 10.5. The van der Waals surface area contributed by atoms with E-state index in [0.717, 1.165) is 13.8 Å². The summed E-state index contributed by atoms with van der Waals surface area (Å²) in [5, 5.41) is 2.89. The van der Waals surface area contributed by atoms with E-state index < -0.39 is 0 Å². The van der Waals surface area contributed by atoms with Gasteiger partial charge in [-0.2, -0.15) is 0 Å². The first-order valence-electron chi connectivity index (χ1n) is 6.58. The number of hydrogen-bond acceptors (Lipinski definition) is 4. The molecule has 0 bridgehead atoms. The van der Waals surface area contributed by atoms with Gasteiger partial charge in [-0.1, -0.05) is 6.07 Å². The van der Waals surface area contributed by atoms with E-state index in [2.05, 4.69) is 37.2 Å². The van der Waals surface area contributed by atoms with Crippen LogP contribution in [0.5, 0.6) is 11.5 Å². The Morgan fingerprint density at radius 1 is 1.27 bits per heavy atom. The van der Waals surface area contributed by atoms with Crippen molar-refractivity contribution in [1.82, 2.24) is 5.32 Å². The molecule has 1 aromatic carbocycles. The normalized spacial score (nSPS) is 10.4. The van der Waals surface area contributed by atoms with Gasteiger partial charge >= 0.3 is 0 Å². The third kappa shape index (κ3) is 4.24. The Labute approximate surface area is 150 Å². The summed E-state index contributed by atoms with van der Waals surface area (Å²) in [6.07, 6.45) is 0. The lowest BCUT2D eigenvalue weighted by molar-refractivity contribution is 0.0955. The molecule has 1 aromatic heterocycles. The van der Waals surface area contributed by atoms with E-state index in [9.17, 15) is 4.79 Å². The van der Waals surface area contributed by atoms with Crippen molar-refractivity contribution in [3.63, 3.8) is 0 Å². The lowest BCUT2D eigenvalue weighted by atomic mass is 10.2. The van der Waals surface area contributed by atoms with E-state index >= 15 is 0 Å². The fourth-order valence-electron chi connectivity index (χ4n) is 1.82. The zero-order chi connectivity index (χ0) is 16.1. The second-order valence-electron chi connectivity index (χ2n) is 4.33. The number of ether oxygens (including phenoxy) is 2. The molecule has 1 amide bonds. The monoisotopic (exact) mass is 447 g/mol. The number of carbonyl (C=O) groups excluding carboxylic acids is 1. The third-order valence-electron chi connectivity index (χ3n) is 2.85. The van der Waals surface area contributed by atoms with Crippen molar-refractivity contribution in [2.24, 2.45) is 0 Å². The van der Waals surface area contributed by atoms with Crippen molar-refractivity contribution in [2.45, 2.75) is 13.5 Å². The van der Waals surface area contributed by atoms with Crippen LogP contribution in [0, 0.1) is 0 Å². The van der Waals surface area contributed by atoms with Gasteiger partial charge in [-0.15, -0.1) is 11.3 Å². The van der Waals surface area contributed by atoms with Crippen LogP contribution in [0.25, 0.3) is 0 Å². The van der Waals surface area contributed by atoms with Crippen LogP contribution in [0.2, 0.25) is 0 Å². The maximum Gasteiger partial charge on any atom is 0.261 e. The standard InChI is InChI=1S/C15H15Br2NO3S/c1-3-21-11-5-4-9(6-12(11)20-2)8-18-15(19)13-7-10(16)14(17)22-13/h4-7H,3,8H2,1-2H3,(H,18,19). The van der Waals surface area contributed by atoms with Crippen LogP contribution in [-0.4, -0.2) is 19.6 Å². The van der Waals surface area contributed by atoms with Crippen LogP contribution in [-0.2, 0) is 6.54 Å². The zero-order valence-electron chi connectivity index (χ0n) is 12.1. The van der Waals surface area contributed by atoms with Crippen LogP contribution in [0.3, 0.4) is 0 Å². The van der Waals surface area contributed by atoms with E-state index in [-0.39, 0.29) is 5.91 Å². The lowest BCUT2D eigenvalue weighted by Crippen LogP contribution is -2.21. The molecule has 22 heavy (non-hydrogen) atoms. The lowest BCUT2D eigenvalue weighted by Gasteiger charge is -2.11. The van der Waals surface area contributed by atoms with Gasteiger partial charge in [-0.25, -0.2) is 0 Å². The van der Waals surface area contributed by atoms with Crippen molar-refractivity contribution < 1.29 is 14.3 Å². The maximum absolute atomic E-state index is 12.1. The van der Waals surface area contributed by atoms with Gasteiger partial charge in [0.1, 0.15) is 0 Å². The Balaban J connectivity index is 2.03. The molecule has 4 nitrogen and oxygen atoms in total. The van der Waals surface area contributed by atoms with Gasteiger partial charge in [0.15, 0.2) is 11.5 Å². The molecule has 0 spiro atoms. The highest BCUT2D eigenvalue weighted by atomic mass is 79.9. The summed E-state index contributed by atoms with van der Waals surface area (Å²) in [7, 11) is 1.60. The Hall–Kier alpha value is -1.05. The van der Waals surface area contributed by atoms with Crippen molar-refractivity contribution in [3.8, 4) is 11.5 Å². The topological polar surface area (TPSA) is 47.6 Å². The molecule has 0 atom stereocenters. The zero-order valence-corrected chi connectivity index (χ0v) is 16.1. The Morgan fingerprint density at radius 2 is 2.05 bits per heavy atom. The van der Waals surface area contributed by atoms with Gasteiger partial charge in [0, 0.05) is 11.0 Å². The Bertz CT molecular complexity index is 653. The number of halogens is 2. The molecule has 7 heteroatoms. The Kier molecular flexibility index (Phi) is 6.28. The van der Waals surface area contributed by atoms with Gasteiger partial charge < -0.3 is 14.8 Å². The number of carbonyl (C=O) groups is 1. The average molecular weight is 449 g/mol. The predicted octanol–water partition coefficient (Wildman–Crippen LogP) is 4.61. The third-order valence-corrected chi connectivity index (χ3v) is 6.10. The summed E-state index contributed by atoms with van der Waals surface area (Å²) in [6.45, 7) is 2.92. The fraction of sp³-hybridized carbons (Fsp3) is 0.267. The number of hydrogen-bond donors (Lipinski definition) is 1. The van der Waals surface area contributed by atoms with Crippen LogP contribution >= 0.6 is 43.2 Å². The highest BCUT2D eigenvalue weighted by molar-refractivity contribution is 9.13. The van der Waals surface area contributed by atoms with Gasteiger partial charge in [0.25, 0.3) is 5.91 Å². The van der Waals surface area contributed by atoms with E-state index in [1.165, 1.54) is 11.3 Å². The molecule has 0 aliphatic rings. The first-order valence-corrected chi connectivity index (χ1v) is 8.98. The summed E-state index contributed by atoms with van der Waals surface area (Å²) in [4.78, 5) is 12.8. The number of methoxy groups -OCH3 is 1. The minimum Gasteiger partial charge on any atom is -0.493 e. The predicted molar refractivity (Wildman–Crippen MR) is 95.1 cm³/mol. The van der Waals surface area contributed by atoms with E-state index in [1.807, 2.05) is 25.1 Å². The highest BCUT2D eigenvalue weighted by Gasteiger charge is 2.12. The summed E-state index contributed by atoms with van der Waals surface area (Å²) < 4.78 is 12.6. The number of amides is 1. The largest absolute Gasteiger partial charge is 0.493 e. The minimum atomic E-state index is -0.107. The molecule has 2 rings (SSSR count). The molecule has 2 aromatic rings. The molecule has 1 heterocycles. The average Bonchev–Trinajstić information content (AvgIpc) is 2.85. The van der Waals surface area contributed by atoms with Crippen LogP contribution in [0.4, 0.5) is 0 Å². The molecular weight excluding hydrogens is 434 g/mol. The van der Waals surface area contributed by atoms with Crippen molar-refractivity contribution >= 4 is 49.1 Å². The van der Waals surface area contributed by atoms with E-state index in [0.29, 0.717) is 29.5 Å². The van der Waals surface area contributed by atoms with Crippen LogP contribution < -0.4 is 14.8 Å². The molecule has 0 saturated heterocycles. The van der Waals surface area contributed by atoms with Gasteiger partial charge in [0.2, 0.25) is 0 Å². The summed E-state index contributed by atoms with van der Waals surface area (Å²) in [6, 6.07) is 7.42. The molecule has 0 radical (unpaired) electrons. The SMILES string of the molecule is CCOc1ccc(CNC(=O)c2cc(Br)c(Br)s2)cc1OC. The molecule has 0 saturated carbocycles.